The van der Waals surface area contributed by atoms with E-state index >= 15 is 4.39 Å². The highest BCUT2D eigenvalue weighted by Gasteiger charge is 2.49. The molecule has 1 N–H and O–H groups in total. The van der Waals surface area contributed by atoms with E-state index in [4.69, 9.17) is 9.16 Å². The van der Waals surface area contributed by atoms with Crippen molar-refractivity contribution in [3.8, 4) is 11.5 Å². The molecule has 2 rings (SSSR count). The van der Waals surface area contributed by atoms with Gasteiger partial charge in [-0.2, -0.15) is 4.39 Å². The predicted octanol–water partition coefficient (Wildman–Crippen LogP) is 6.49. The summed E-state index contributed by atoms with van der Waals surface area (Å²) in [7, 11) is -2.55. The molecular weight excluding hydrogens is 434 g/mol. The van der Waals surface area contributed by atoms with Gasteiger partial charge in [-0.3, -0.25) is 0 Å². The summed E-state index contributed by atoms with van der Waals surface area (Å²) in [4.78, 5) is -0.487. The largest absolute Gasteiger partial charge is 0.539 e. The Balaban J connectivity index is 2.64. The zero-order valence-corrected chi connectivity index (χ0v) is 19.9. The van der Waals surface area contributed by atoms with E-state index in [1.165, 1.54) is 0 Å². The molecule has 0 spiro atoms. The normalized spacial score (nSPS) is 22.2. The second kappa shape index (κ2) is 7.63. The van der Waals surface area contributed by atoms with Gasteiger partial charge in [0, 0.05) is 5.56 Å². The molecule has 1 aromatic carbocycles. The molecule has 2 unspecified atom stereocenters. The van der Waals surface area contributed by atoms with E-state index in [2.05, 4.69) is 57.5 Å². The molecule has 0 aliphatic carbocycles. The second-order valence-corrected chi connectivity index (χ2v) is 15.3. The summed E-state index contributed by atoms with van der Waals surface area (Å²) in [6.45, 7) is 15.8. The molecule has 1 aliphatic heterocycles. The van der Waals surface area contributed by atoms with E-state index in [-0.39, 0.29) is 33.7 Å². The van der Waals surface area contributed by atoms with Crippen LogP contribution >= 0.6 is 15.9 Å². The second-order valence-electron chi connectivity index (χ2n) is 8.89. The molecule has 1 aliphatic rings. The van der Waals surface area contributed by atoms with Gasteiger partial charge in [0.05, 0.1) is 10.9 Å². The summed E-state index contributed by atoms with van der Waals surface area (Å²) in [5.41, 5.74) is -0.249. The molecule has 0 aromatic heterocycles. The van der Waals surface area contributed by atoms with Crippen molar-refractivity contribution in [3.05, 3.63) is 23.3 Å². The lowest BCUT2D eigenvalue weighted by Gasteiger charge is -2.43. The molecule has 0 fully saturated rings. The fourth-order valence-electron chi connectivity index (χ4n) is 4.41. The van der Waals surface area contributed by atoms with Crippen LogP contribution in [0.15, 0.2) is 6.07 Å². The van der Waals surface area contributed by atoms with Gasteiger partial charge in [-0.25, -0.2) is 4.39 Å². The third-order valence-electron chi connectivity index (χ3n) is 5.77. The maximum absolute atomic E-state index is 15.4. The molecule has 1 aromatic rings. The molecule has 154 valence electrons. The maximum atomic E-state index is 15.4. The number of aliphatic hydroxyl groups excluding tert-OH is 1. The minimum Gasteiger partial charge on any atom is -0.539 e. The number of hydrogen-bond donors (Lipinski definition) is 1. The summed E-state index contributed by atoms with van der Waals surface area (Å²) in [5, 5.41) is 10.5. The molecule has 0 saturated carbocycles. The minimum atomic E-state index is -2.55. The summed E-state index contributed by atoms with van der Waals surface area (Å²) >= 11 is 3.37. The zero-order chi connectivity index (χ0) is 20.9. The minimum absolute atomic E-state index is 0.101. The van der Waals surface area contributed by atoms with E-state index in [0.29, 0.717) is 0 Å². The quantitative estimate of drug-likeness (QED) is 0.399. The van der Waals surface area contributed by atoms with Crippen LogP contribution in [0, 0.1) is 11.6 Å². The van der Waals surface area contributed by atoms with Crippen molar-refractivity contribution in [2.45, 2.75) is 88.5 Å². The highest BCUT2D eigenvalue weighted by molar-refractivity contribution is 9.09. The predicted molar refractivity (Wildman–Crippen MR) is 110 cm³/mol. The lowest BCUT2D eigenvalue weighted by Crippen LogP contribution is -2.51. The summed E-state index contributed by atoms with van der Waals surface area (Å²) in [5.74, 6) is -2.17. The smallest absolute Gasteiger partial charge is 0.259 e. The van der Waals surface area contributed by atoms with Crippen LogP contribution in [0.4, 0.5) is 8.78 Å². The Morgan fingerprint density at radius 3 is 2.04 bits per heavy atom. The van der Waals surface area contributed by atoms with Crippen molar-refractivity contribution >= 4 is 24.2 Å². The monoisotopic (exact) mass is 464 g/mol. The topological polar surface area (TPSA) is 38.7 Å². The lowest BCUT2D eigenvalue weighted by molar-refractivity contribution is 0.0181. The molecule has 3 nitrogen and oxygen atoms in total. The van der Waals surface area contributed by atoms with Crippen molar-refractivity contribution in [2.75, 3.05) is 0 Å². The van der Waals surface area contributed by atoms with Crippen LogP contribution in [0.3, 0.4) is 0 Å². The third kappa shape index (κ3) is 3.67. The van der Waals surface area contributed by atoms with Gasteiger partial charge >= 0.3 is 0 Å². The Bertz CT molecular complexity index is 685. The van der Waals surface area contributed by atoms with Crippen LogP contribution < -0.4 is 9.16 Å². The van der Waals surface area contributed by atoms with Crippen molar-refractivity contribution in [1.82, 2.24) is 0 Å². The molecule has 0 bridgehead atoms. The number of fused-ring (bicyclic) bond motifs is 1. The fraction of sp³-hybridized carbons (Fsp3) is 0.700. The van der Waals surface area contributed by atoms with Crippen LogP contribution in [-0.4, -0.2) is 23.9 Å². The van der Waals surface area contributed by atoms with Crippen LogP contribution in [0.25, 0.3) is 0 Å². The van der Waals surface area contributed by atoms with Crippen LogP contribution in [0.5, 0.6) is 11.5 Å². The Morgan fingerprint density at radius 2 is 1.59 bits per heavy atom. The average molecular weight is 465 g/mol. The van der Waals surface area contributed by atoms with E-state index in [9.17, 15) is 9.50 Å². The number of hydrogen-bond acceptors (Lipinski definition) is 3. The van der Waals surface area contributed by atoms with Gasteiger partial charge in [0.15, 0.2) is 17.3 Å². The van der Waals surface area contributed by atoms with Gasteiger partial charge in [-0.15, -0.1) is 0 Å². The number of halogens is 3. The number of aliphatic hydroxyl groups is 1. The molecular formula is C20H31BrF2O3Si. The van der Waals surface area contributed by atoms with Gasteiger partial charge in [0.2, 0.25) is 5.82 Å². The van der Waals surface area contributed by atoms with E-state index in [1.54, 1.807) is 13.8 Å². The first-order chi connectivity index (χ1) is 12.3. The Hall–Kier alpha value is -0.663. The molecule has 0 amide bonds. The van der Waals surface area contributed by atoms with Gasteiger partial charge < -0.3 is 14.3 Å². The molecule has 7 heteroatoms. The first-order valence-corrected chi connectivity index (χ1v) is 12.5. The Morgan fingerprint density at radius 1 is 1.11 bits per heavy atom. The van der Waals surface area contributed by atoms with E-state index < -0.39 is 36.5 Å². The van der Waals surface area contributed by atoms with Crippen LogP contribution in [0.2, 0.25) is 16.6 Å². The highest BCUT2D eigenvalue weighted by atomic mass is 79.9. The zero-order valence-electron chi connectivity index (χ0n) is 17.4. The SMILES string of the molecule is CC(C)[Si](Oc1c(F)cc2c(c1F)OC(C)(C)C(Br)C2O)(C(C)C)C(C)C. The number of benzene rings is 1. The number of rotatable bonds is 5. The third-order valence-corrected chi connectivity index (χ3v) is 13.3. The summed E-state index contributed by atoms with van der Waals surface area (Å²) < 4.78 is 42.4. The molecule has 0 radical (unpaired) electrons. The van der Waals surface area contributed by atoms with Gasteiger partial charge in [-0.05, 0) is 36.5 Å². The number of alkyl halides is 1. The molecule has 27 heavy (non-hydrogen) atoms. The maximum Gasteiger partial charge on any atom is 0.259 e. The lowest BCUT2D eigenvalue weighted by atomic mass is 9.91. The van der Waals surface area contributed by atoms with Crippen LogP contribution in [-0.2, 0) is 0 Å². The highest BCUT2D eigenvalue weighted by Crippen LogP contribution is 2.49. The molecule has 0 saturated heterocycles. The Labute approximate surface area is 170 Å². The molecule has 1 heterocycles. The van der Waals surface area contributed by atoms with Gasteiger partial charge in [0.25, 0.3) is 8.32 Å². The summed E-state index contributed by atoms with van der Waals surface area (Å²) in [6.07, 6.45) is -1.08. The average Bonchev–Trinajstić information content (AvgIpc) is 2.53. The summed E-state index contributed by atoms with van der Waals surface area (Å²) in [6, 6.07) is 1.14. The number of ether oxygens (including phenoxy) is 1. The fourth-order valence-corrected chi connectivity index (χ4v) is 10.0. The van der Waals surface area contributed by atoms with Crippen molar-refractivity contribution in [2.24, 2.45) is 0 Å². The molecule has 2 atom stereocenters. The van der Waals surface area contributed by atoms with Crippen LogP contribution in [0.1, 0.15) is 67.1 Å². The van der Waals surface area contributed by atoms with Crippen molar-refractivity contribution in [1.29, 1.82) is 0 Å². The standard InChI is InChI=1S/C20H31BrF2O3Si/c1-10(2)27(11(3)4,12(5)6)26-18-14(22)9-13-16(24)19(21)20(7,8)25-17(13)15(18)23/h9-12,16,19,24H,1-8H3. The first-order valence-electron chi connectivity index (χ1n) is 9.49. The Kier molecular flexibility index (Phi) is 6.40. The van der Waals surface area contributed by atoms with E-state index in [1.807, 2.05) is 0 Å². The van der Waals surface area contributed by atoms with Gasteiger partial charge in [0.1, 0.15) is 5.60 Å². The first kappa shape index (κ1) is 22.6. The van der Waals surface area contributed by atoms with Gasteiger partial charge in [-0.1, -0.05) is 57.5 Å². The van der Waals surface area contributed by atoms with Crippen molar-refractivity contribution in [3.63, 3.8) is 0 Å². The van der Waals surface area contributed by atoms with Crippen molar-refractivity contribution < 1.29 is 23.1 Å². The van der Waals surface area contributed by atoms with E-state index in [0.717, 1.165) is 6.07 Å².